The maximum absolute atomic E-state index is 11.4. The second-order valence-corrected chi connectivity index (χ2v) is 3.82. The largest absolute Gasteiger partial charge is 0.296 e. The van der Waals surface area contributed by atoms with Crippen molar-refractivity contribution in [2.45, 2.75) is 0 Å². The number of nitrogens with one attached hydrogen (secondary N) is 1. The Labute approximate surface area is 82.3 Å². The second kappa shape index (κ2) is 3.63. The summed E-state index contributed by atoms with van der Waals surface area (Å²) in [5, 5.41) is 14.1. The van der Waals surface area contributed by atoms with Crippen LogP contribution < -0.4 is 5.32 Å². The molecule has 0 aromatic carbocycles. The molecule has 0 fully saturated rings. The molecule has 2 rings (SSSR count). The first-order valence-electron chi connectivity index (χ1n) is 3.46. The van der Waals surface area contributed by atoms with Crippen LogP contribution in [-0.4, -0.2) is 16.1 Å². The van der Waals surface area contributed by atoms with Crippen LogP contribution in [-0.2, 0) is 0 Å². The van der Waals surface area contributed by atoms with Crippen molar-refractivity contribution < 1.29 is 4.79 Å². The van der Waals surface area contributed by atoms with Gasteiger partial charge in [0.25, 0.3) is 5.91 Å². The molecule has 0 unspecified atom stereocenters. The highest BCUT2D eigenvalue weighted by Crippen LogP contribution is 2.12. The molecule has 66 valence electrons. The predicted molar refractivity (Wildman–Crippen MR) is 52.2 cm³/mol. The summed E-state index contributed by atoms with van der Waals surface area (Å²) in [4.78, 5) is 11.4. The van der Waals surface area contributed by atoms with Gasteiger partial charge in [-0.25, -0.2) is 0 Å². The number of aromatic nitrogens is 2. The van der Waals surface area contributed by atoms with E-state index in [1.165, 1.54) is 22.7 Å². The van der Waals surface area contributed by atoms with E-state index in [4.69, 9.17) is 0 Å². The number of carbonyl (C=O) groups excluding carboxylic acids is 1. The fourth-order valence-electron chi connectivity index (χ4n) is 0.790. The molecule has 4 nitrogen and oxygen atoms in total. The smallest absolute Gasteiger partial charge is 0.258 e. The molecule has 0 aliphatic heterocycles. The number of hydrogen-bond donors (Lipinski definition) is 1. The van der Waals surface area contributed by atoms with Gasteiger partial charge in [0.15, 0.2) is 0 Å². The van der Waals surface area contributed by atoms with Gasteiger partial charge in [0, 0.05) is 5.38 Å². The Morgan fingerprint density at radius 3 is 3.08 bits per heavy atom. The lowest BCUT2D eigenvalue weighted by molar-refractivity contribution is 0.102. The minimum atomic E-state index is -0.141. The summed E-state index contributed by atoms with van der Waals surface area (Å²) < 4.78 is 0. The van der Waals surface area contributed by atoms with Gasteiger partial charge in [-0.05, 0) is 11.4 Å². The zero-order valence-electron chi connectivity index (χ0n) is 6.43. The quantitative estimate of drug-likeness (QED) is 0.824. The molecule has 1 N–H and O–H groups in total. The van der Waals surface area contributed by atoms with Crippen molar-refractivity contribution in [3.8, 4) is 0 Å². The maximum atomic E-state index is 11.4. The predicted octanol–water partition coefficient (Wildman–Crippen LogP) is 1.85. The van der Waals surface area contributed by atoms with Crippen molar-refractivity contribution in [3.05, 3.63) is 27.9 Å². The lowest BCUT2D eigenvalue weighted by Crippen LogP contribution is -2.10. The van der Waals surface area contributed by atoms with Gasteiger partial charge < -0.3 is 0 Å². The molecule has 0 aliphatic rings. The van der Waals surface area contributed by atoms with Crippen LogP contribution in [0.1, 0.15) is 10.4 Å². The van der Waals surface area contributed by atoms with Crippen molar-refractivity contribution in [1.82, 2.24) is 10.2 Å². The number of amides is 1. The van der Waals surface area contributed by atoms with Gasteiger partial charge in [-0.1, -0.05) is 11.3 Å². The van der Waals surface area contributed by atoms with E-state index >= 15 is 0 Å². The molecule has 2 aromatic rings. The Morgan fingerprint density at radius 1 is 1.54 bits per heavy atom. The number of thiophene rings is 1. The van der Waals surface area contributed by atoms with E-state index in [0.717, 1.165) is 0 Å². The minimum absolute atomic E-state index is 0.141. The van der Waals surface area contributed by atoms with Gasteiger partial charge in [0.2, 0.25) is 5.13 Å². The first-order chi connectivity index (χ1) is 6.36. The monoisotopic (exact) mass is 211 g/mol. The first kappa shape index (κ1) is 8.33. The molecule has 1 amide bonds. The average Bonchev–Trinajstić information content (AvgIpc) is 2.74. The third kappa shape index (κ3) is 1.90. The highest BCUT2D eigenvalue weighted by molar-refractivity contribution is 7.13. The molecule has 0 radical (unpaired) electrons. The van der Waals surface area contributed by atoms with Crippen LogP contribution in [0.15, 0.2) is 22.3 Å². The van der Waals surface area contributed by atoms with E-state index in [-0.39, 0.29) is 5.91 Å². The first-order valence-corrected chi connectivity index (χ1v) is 5.28. The molecular weight excluding hydrogens is 206 g/mol. The molecular formula is C7H5N3OS2. The van der Waals surface area contributed by atoms with E-state index in [1.54, 1.807) is 17.0 Å². The second-order valence-electron chi connectivity index (χ2n) is 2.21. The van der Waals surface area contributed by atoms with Crippen LogP contribution in [0.25, 0.3) is 0 Å². The summed E-state index contributed by atoms with van der Waals surface area (Å²) in [5.74, 6) is -0.141. The molecule has 2 heterocycles. The summed E-state index contributed by atoms with van der Waals surface area (Å²) in [7, 11) is 0. The Hall–Kier alpha value is -1.27. The number of anilines is 1. The summed E-state index contributed by atoms with van der Waals surface area (Å²) in [6.45, 7) is 0. The Morgan fingerprint density at radius 2 is 2.46 bits per heavy atom. The van der Waals surface area contributed by atoms with E-state index in [1.807, 2.05) is 5.38 Å². The SMILES string of the molecule is O=C(Nc1nncs1)c1ccsc1. The van der Waals surface area contributed by atoms with Crippen molar-refractivity contribution in [1.29, 1.82) is 0 Å². The van der Waals surface area contributed by atoms with E-state index < -0.39 is 0 Å². The minimum Gasteiger partial charge on any atom is -0.296 e. The molecule has 0 bridgehead atoms. The Bertz CT molecular complexity index is 382. The standard InChI is InChI=1S/C7H5N3OS2/c11-6(5-1-2-12-3-5)9-7-10-8-4-13-7/h1-4H,(H,9,10,11). The van der Waals surface area contributed by atoms with E-state index in [9.17, 15) is 4.79 Å². The summed E-state index contributed by atoms with van der Waals surface area (Å²) >= 11 is 2.78. The highest BCUT2D eigenvalue weighted by atomic mass is 32.1. The lowest BCUT2D eigenvalue weighted by Gasteiger charge is -1.95. The Balaban J connectivity index is 2.08. The van der Waals surface area contributed by atoms with Gasteiger partial charge in [-0.2, -0.15) is 11.3 Å². The maximum Gasteiger partial charge on any atom is 0.258 e. The lowest BCUT2D eigenvalue weighted by atomic mass is 10.3. The summed E-state index contributed by atoms with van der Waals surface area (Å²) in [5.41, 5.74) is 2.23. The molecule has 0 spiro atoms. The van der Waals surface area contributed by atoms with Crippen LogP contribution >= 0.6 is 22.7 Å². The molecule has 0 aliphatic carbocycles. The van der Waals surface area contributed by atoms with Crippen molar-refractivity contribution >= 4 is 33.7 Å². The van der Waals surface area contributed by atoms with Gasteiger partial charge in [0.05, 0.1) is 5.56 Å². The van der Waals surface area contributed by atoms with Crippen LogP contribution in [0, 0.1) is 0 Å². The molecule has 13 heavy (non-hydrogen) atoms. The molecule has 0 atom stereocenters. The number of rotatable bonds is 2. The zero-order valence-corrected chi connectivity index (χ0v) is 8.06. The average molecular weight is 211 g/mol. The van der Waals surface area contributed by atoms with Gasteiger partial charge in [-0.3, -0.25) is 10.1 Å². The third-order valence-electron chi connectivity index (χ3n) is 1.36. The molecule has 6 heteroatoms. The highest BCUT2D eigenvalue weighted by Gasteiger charge is 2.07. The van der Waals surface area contributed by atoms with Crippen LogP contribution in [0.4, 0.5) is 5.13 Å². The van der Waals surface area contributed by atoms with Crippen molar-refractivity contribution in [3.63, 3.8) is 0 Å². The zero-order chi connectivity index (χ0) is 9.10. The molecule has 2 aromatic heterocycles. The van der Waals surface area contributed by atoms with Gasteiger partial charge in [0.1, 0.15) is 5.51 Å². The van der Waals surface area contributed by atoms with Gasteiger partial charge in [-0.15, -0.1) is 10.2 Å². The summed E-state index contributed by atoms with van der Waals surface area (Å²) in [6.07, 6.45) is 0. The van der Waals surface area contributed by atoms with Crippen LogP contribution in [0.3, 0.4) is 0 Å². The fourth-order valence-corrected chi connectivity index (χ4v) is 1.87. The topological polar surface area (TPSA) is 54.9 Å². The third-order valence-corrected chi connectivity index (χ3v) is 2.65. The van der Waals surface area contributed by atoms with E-state index in [0.29, 0.717) is 10.7 Å². The molecule has 0 saturated heterocycles. The number of carbonyl (C=O) groups is 1. The normalized spacial score (nSPS) is 9.85. The molecule has 0 saturated carbocycles. The van der Waals surface area contributed by atoms with Crippen LogP contribution in [0.2, 0.25) is 0 Å². The van der Waals surface area contributed by atoms with Gasteiger partial charge >= 0.3 is 0 Å². The van der Waals surface area contributed by atoms with E-state index in [2.05, 4.69) is 15.5 Å². The van der Waals surface area contributed by atoms with Crippen LogP contribution in [0.5, 0.6) is 0 Å². The summed E-state index contributed by atoms with van der Waals surface area (Å²) in [6, 6.07) is 1.76. The van der Waals surface area contributed by atoms with Crippen molar-refractivity contribution in [2.24, 2.45) is 0 Å². The fraction of sp³-hybridized carbons (Fsp3) is 0. The number of nitrogens with zero attached hydrogens (tertiary/aromatic N) is 2. The Kier molecular flexibility index (Phi) is 2.33. The van der Waals surface area contributed by atoms with Crippen molar-refractivity contribution in [2.75, 3.05) is 5.32 Å². The number of hydrogen-bond acceptors (Lipinski definition) is 5.